The minimum atomic E-state index is 0.647. The molecular weight excluding hydrogens is 512 g/mol. The van der Waals surface area contributed by atoms with Gasteiger partial charge >= 0.3 is 0 Å². The average molecular weight is 537 g/mol. The van der Waals surface area contributed by atoms with Gasteiger partial charge in [-0.1, -0.05) is 60.7 Å². The summed E-state index contributed by atoms with van der Waals surface area (Å²) in [7, 11) is 0. The Kier molecular flexibility index (Phi) is 5.36. The first-order valence-electron chi connectivity index (χ1n) is 14.1. The topological polar surface area (TPSA) is 57.4 Å². The molecule has 4 heteroatoms. The van der Waals surface area contributed by atoms with Crippen LogP contribution in [0.15, 0.2) is 115 Å². The monoisotopic (exact) mass is 536 g/mol. The highest BCUT2D eigenvalue weighted by Crippen LogP contribution is 2.40. The summed E-state index contributed by atoms with van der Waals surface area (Å²) < 4.78 is 4.62. The Morgan fingerprint density at radius 3 is 2.21 bits per heavy atom. The molecule has 0 unspecified atom stereocenters. The molecule has 0 N–H and O–H groups in total. The first-order valence-corrected chi connectivity index (χ1v) is 14.1. The number of nitriles is 2. The number of nitrogens with zero attached hydrogens (tertiary/aromatic N) is 4. The second-order valence-electron chi connectivity index (χ2n) is 10.8. The molecule has 0 spiro atoms. The normalized spacial score (nSPS) is 12.4. The van der Waals surface area contributed by atoms with Crippen molar-refractivity contribution in [1.82, 2.24) is 9.13 Å². The highest BCUT2D eigenvalue weighted by molar-refractivity contribution is 6.10. The average Bonchev–Trinajstić information content (AvgIpc) is 3.57. The van der Waals surface area contributed by atoms with Gasteiger partial charge in [-0.3, -0.25) is 0 Å². The zero-order chi connectivity index (χ0) is 28.2. The third-order valence-corrected chi connectivity index (χ3v) is 8.42. The minimum absolute atomic E-state index is 0.647. The van der Waals surface area contributed by atoms with Crippen LogP contribution in [0.4, 0.5) is 0 Å². The maximum atomic E-state index is 9.65. The molecule has 4 nitrogen and oxygen atoms in total. The van der Waals surface area contributed by atoms with Crippen molar-refractivity contribution >= 4 is 38.8 Å². The fraction of sp³-hybridized carbons (Fsp3) is 0.0526. The van der Waals surface area contributed by atoms with Gasteiger partial charge in [0.05, 0.1) is 39.8 Å². The number of aryl methyl sites for hydroxylation is 1. The third-order valence-electron chi connectivity index (χ3n) is 8.42. The molecule has 0 bridgehead atoms. The SMILES string of the molecule is N#Cc1cccc(-n2c3c(c4cccc(-c5cccc(-n6c7ccccc7c7cc(C#N)ccc76)c5)c42)CCC=C3)c1. The Balaban J connectivity index is 1.40. The molecule has 8 rings (SSSR count). The van der Waals surface area contributed by atoms with Gasteiger partial charge in [0.25, 0.3) is 0 Å². The highest BCUT2D eigenvalue weighted by atomic mass is 15.0. The first kappa shape index (κ1) is 24.0. The molecule has 0 saturated heterocycles. The Hall–Kier alpha value is -5.84. The standard InChI is InChI=1S/C38H24N4/c39-23-25-8-5-10-28(20-25)42-36-17-4-1-12-31(36)33-15-7-14-30(38(33)42)27-9-6-11-29(22-27)41-35-16-3-2-13-32(35)34-21-26(24-40)18-19-37(34)41/h2-11,13-22H,1,12H2. The lowest BCUT2D eigenvalue weighted by Gasteiger charge is -2.15. The van der Waals surface area contributed by atoms with Gasteiger partial charge in [-0.25, -0.2) is 0 Å². The van der Waals surface area contributed by atoms with E-state index < -0.39 is 0 Å². The van der Waals surface area contributed by atoms with E-state index in [-0.39, 0.29) is 0 Å². The molecule has 0 radical (unpaired) electrons. The largest absolute Gasteiger partial charge is 0.309 e. The summed E-state index contributed by atoms with van der Waals surface area (Å²) in [5, 5.41) is 22.7. The molecule has 5 aromatic carbocycles. The number of hydrogen-bond acceptors (Lipinski definition) is 2. The van der Waals surface area contributed by atoms with Crippen LogP contribution >= 0.6 is 0 Å². The molecule has 1 aliphatic rings. The molecule has 1 aliphatic carbocycles. The summed E-state index contributed by atoms with van der Waals surface area (Å²) >= 11 is 0. The van der Waals surface area contributed by atoms with Crippen LogP contribution in [0.1, 0.15) is 28.8 Å². The van der Waals surface area contributed by atoms with Crippen molar-refractivity contribution < 1.29 is 0 Å². The highest BCUT2D eigenvalue weighted by Gasteiger charge is 2.22. The predicted octanol–water partition coefficient (Wildman–Crippen LogP) is 9.10. The third kappa shape index (κ3) is 3.53. The summed E-state index contributed by atoms with van der Waals surface area (Å²) in [4.78, 5) is 0. The van der Waals surface area contributed by atoms with Crippen LogP contribution in [0, 0.1) is 22.7 Å². The van der Waals surface area contributed by atoms with Gasteiger partial charge in [0.2, 0.25) is 0 Å². The molecular formula is C38H24N4. The Labute approximate surface area is 243 Å². The number of benzene rings is 5. The number of hydrogen-bond donors (Lipinski definition) is 0. The van der Waals surface area contributed by atoms with Gasteiger partial charge in [0.1, 0.15) is 0 Å². The molecule has 7 aromatic rings. The summed E-state index contributed by atoms with van der Waals surface area (Å²) in [6, 6.07) is 42.1. The van der Waals surface area contributed by atoms with Gasteiger partial charge in [0.15, 0.2) is 0 Å². The Bertz CT molecular complexity index is 2330. The first-order chi connectivity index (χ1) is 20.7. The smallest absolute Gasteiger partial charge is 0.0992 e. The van der Waals surface area contributed by atoms with Crippen LogP contribution in [0.5, 0.6) is 0 Å². The van der Waals surface area contributed by atoms with Crippen molar-refractivity contribution in [2.45, 2.75) is 12.8 Å². The summed E-state index contributed by atoms with van der Waals surface area (Å²) in [6.07, 6.45) is 6.48. The molecule has 42 heavy (non-hydrogen) atoms. The van der Waals surface area contributed by atoms with E-state index in [1.807, 2.05) is 36.4 Å². The minimum Gasteiger partial charge on any atom is -0.309 e. The number of fused-ring (bicyclic) bond motifs is 6. The molecule has 0 saturated carbocycles. The van der Waals surface area contributed by atoms with Crippen LogP contribution < -0.4 is 0 Å². The second-order valence-corrected chi connectivity index (χ2v) is 10.8. The van der Waals surface area contributed by atoms with Crippen molar-refractivity contribution in [2.24, 2.45) is 0 Å². The molecule has 2 aromatic heterocycles. The maximum Gasteiger partial charge on any atom is 0.0992 e. The van der Waals surface area contributed by atoms with E-state index >= 15 is 0 Å². The molecule has 196 valence electrons. The lowest BCUT2D eigenvalue weighted by Crippen LogP contribution is -2.01. The Morgan fingerprint density at radius 2 is 1.33 bits per heavy atom. The fourth-order valence-electron chi connectivity index (χ4n) is 6.63. The van der Waals surface area contributed by atoms with E-state index in [9.17, 15) is 10.5 Å². The number of allylic oxidation sites excluding steroid dienone is 1. The van der Waals surface area contributed by atoms with Crippen LogP contribution in [-0.2, 0) is 6.42 Å². The van der Waals surface area contributed by atoms with E-state index in [2.05, 4.69) is 106 Å². The van der Waals surface area contributed by atoms with Crippen molar-refractivity contribution in [2.75, 3.05) is 0 Å². The quantitative estimate of drug-likeness (QED) is 0.226. The number of rotatable bonds is 3. The lowest BCUT2D eigenvalue weighted by atomic mass is 9.97. The van der Waals surface area contributed by atoms with E-state index in [1.54, 1.807) is 0 Å². The van der Waals surface area contributed by atoms with E-state index in [4.69, 9.17) is 0 Å². The molecule has 0 aliphatic heterocycles. The Morgan fingerprint density at radius 1 is 0.595 bits per heavy atom. The van der Waals surface area contributed by atoms with Gasteiger partial charge in [0, 0.05) is 38.8 Å². The molecule has 0 amide bonds. The summed E-state index contributed by atoms with van der Waals surface area (Å²) in [6.45, 7) is 0. The van der Waals surface area contributed by atoms with Gasteiger partial charge in [-0.15, -0.1) is 0 Å². The summed E-state index contributed by atoms with van der Waals surface area (Å²) in [5.74, 6) is 0. The van der Waals surface area contributed by atoms with E-state index in [1.165, 1.54) is 16.6 Å². The van der Waals surface area contributed by atoms with Crippen LogP contribution in [0.25, 0.3) is 61.3 Å². The molecule has 2 heterocycles. The van der Waals surface area contributed by atoms with Crippen LogP contribution in [0.3, 0.4) is 0 Å². The zero-order valence-electron chi connectivity index (χ0n) is 22.8. The maximum absolute atomic E-state index is 9.65. The second kappa shape index (κ2) is 9.37. The van der Waals surface area contributed by atoms with Crippen molar-refractivity contribution in [3.05, 3.63) is 138 Å². The van der Waals surface area contributed by atoms with Gasteiger partial charge in [-0.05, 0) is 84.6 Å². The number of para-hydroxylation sites is 2. The van der Waals surface area contributed by atoms with E-state index in [0.717, 1.165) is 62.7 Å². The lowest BCUT2D eigenvalue weighted by molar-refractivity contribution is 0.967. The summed E-state index contributed by atoms with van der Waals surface area (Å²) in [5.41, 5.74) is 11.5. The van der Waals surface area contributed by atoms with E-state index in [0.29, 0.717) is 11.1 Å². The van der Waals surface area contributed by atoms with Crippen molar-refractivity contribution in [1.29, 1.82) is 10.5 Å². The predicted molar refractivity (Wildman–Crippen MR) is 170 cm³/mol. The fourth-order valence-corrected chi connectivity index (χ4v) is 6.63. The van der Waals surface area contributed by atoms with Gasteiger partial charge < -0.3 is 9.13 Å². The van der Waals surface area contributed by atoms with Crippen LogP contribution in [-0.4, -0.2) is 9.13 Å². The molecule has 0 fully saturated rings. The number of aromatic nitrogens is 2. The van der Waals surface area contributed by atoms with Crippen LogP contribution in [0.2, 0.25) is 0 Å². The molecule has 0 atom stereocenters. The van der Waals surface area contributed by atoms with Crippen molar-refractivity contribution in [3.63, 3.8) is 0 Å². The zero-order valence-corrected chi connectivity index (χ0v) is 22.8. The van der Waals surface area contributed by atoms with Crippen molar-refractivity contribution in [3.8, 4) is 34.6 Å². The van der Waals surface area contributed by atoms with Gasteiger partial charge in [-0.2, -0.15) is 10.5 Å².